The number of rotatable bonds is 6. The number of carboxylic acids is 1. The van der Waals surface area contributed by atoms with Crippen LogP contribution in [-0.4, -0.2) is 27.6 Å². The molecule has 0 unspecified atom stereocenters. The Bertz CT molecular complexity index is 1340. The van der Waals surface area contributed by atoms with E-state index in [1.54, 1.807) is 0 Å². The van der Waals surface area contributed by atoms with Crippen LogP contribution in [0, 0.1) is 10.8 Å². The van der Waals surface area contributed by atoms with Gasteiger partial charge in [0.2, 0.25) is 0 Å². The van der Waals surface area contributed by atoms with Crippen LogP contribution in [0.5, 0.6) is 0 Å². The number of fused-ring (bicyclic) bond motifs is 2. The molecular formula is C26H24N2O4. The van der Waals surface area contributed by atoms with Crippen LogP contribution >= 0.6 is 0 Å². The Morgan fingerprint density at radius 1 is 1.09 bits per heavy atom. The number of nitrogens with one attached hydrogen (secondary N) is 1. The lowest BCUT2D eigenvalue weighted by Crippen LogP contribution is -2.71. The number of nitrogens with zero attached hydrogens (tertiary/aromatic N) is 1. The molecule has 2 bridgehead atoms. The zero-order valence-electron chi connectivity index (χ0n) is 17.8. The molecule has 3 fully saturated rings. The second kappa shape index (κ2) is 6.48. The molecule has 7 rings (SSSR count). The topological polar surface area (TPSA) is 84.5 Å². The third kappa shape index (κ3) is 2.65. The highest BCUT2D eigenvalue weighted by molar-refractivity contribution is 6.06. The Morgan fingerprint density at radius 3 is 2.59 bits per heavy atom. The lowest BCUT2D eigenvalue weighted by molar-refractivity contribution is -0.230. The summed E-state index contributed by atoms with van der Waals surface area (Å²) in [4.78, 5) is 24.7. The fourth-order valence-electron chi connectivity index (χ4n) is 5.84. The van der Waals surface area contributed by atoms with E-state index in [0.29, 0.717) is 31.4 Å². The molecule has 2 aromatic heterocycles. The Labute approximate surface area is 184 Å². The molecule has 162 valence electrons. The van der Waals surface area contributed by atoms with Crippen molar-refractivity contribution in [3.05, 3.63) is 72.1 Å². The lowest BCUT2D eigenvalue weighted by atomic mass is 9.33. The van der Waals surface area contributed by atoms with E-state index in [9.17, 15) is 14.7 Å². The van der Waals surface area contributed by atoms with E-state index in [1.165, 1.54) is 0 Å². The van der Waals surface area contributed by atoms with Crippen molar-refractivity contribution in [1.82, 2.24) is 9.88 Å². The van der Waals surface area contributed by atoms with Crippen molar-refractivity contribution in [2.45, 2.75) is 38.8 Å². The van der Waals surface area contributed by atoms with Gasteiger partial charge < -0.3 is 19.4 Å². The molecule has 2 N–H and O–H groups in total. The van der Waals surface area contributed by atoms with Gasteiger partial charge in [0.05, 0.1) is 23.0 Å². The molecular weight excluding hydrogens is 404 g/mol. The number of aromatic nitrogens is 1. The number of benzene rings is 2. The summed E-state index contributed by atoms with van der Waals surface area (Å²) in [5.41, 5.74) is 1.73. The number of furan rings is 1. The van der Waals surface area contributed by atoms with Gasteiger partial charge in [-0.3, -0.25) is 9.59 Å². The summed E-state index contributed by atoms with van der Waals surface area (Å²) in [5, 5.41) is 14.6. The zero-order chi connectivity index (χ0) is 22.1. The van der Waals surface area contributed by atoms with Crippen molar-refractivity contribution >= 4 is 33.7 Å². The van der Waals surface area contributed by atoms with Gasteiger partial charge in [-0.25, -0.2) is 0 Å². The van der Waals surface area contributed by atoms with Crippen LogP contribution in [-0.2, 0) is 11.3 Å². The van der Waals surface area contributed by atoms with Gasteiger partial charge in [-0.1, -0.05) is 30.3 Å². The molecule has 0 radical (unpaired) electrons. The van der Waals surface area contributed by atoms with Crippen LogP contribution < -0.4 is 5.32 Å². The summed E-state index contributed by atoms with van der Waals surface area (Å²) < 4.78 is 8.04. The molecule has 6 nitrogen and oxygen atoms in total. The summed E-state index contributed by atoms with van der Waals surface area (Å²) in [7, 11) is 0. The predicted octanol–water partition coefficient (Wildman–Crippen LogP) is 4.81. The van der Waals surface area contributed by atoms with Crippen molar-refractivity contribution in [2.75, 3.05) is 0 Å². The normalized spacial score (nSPS) is 24.7. The average Bonchev–Trinajstić information content (AvgIpc) is 3.29. The van der Waals surface area contributed by atoms with Gasteiger partial charge in [0.1, 0.15) is 11.3 Å². The first-order valence-electron chi connectivity index (χ1n) is 11.0. The Hall–Kier alpha value is -3.54. The van der Waals surface area contributed by atoms with Crippen LogP contribution in [0.15, 0.2) is 65.2 Å². The highest BCUT2D eigenvalue weighted by atomic mass is 16.4. The van der Waals surface area contributed by atoms with Crippen LogP contribution in [0.3, 0.4) is 0 Å². The van der Waals surface area contributed by atoms with Crippen molar-refractivity contribution in [3.8, 4) is 0 Å². The summed E-state index contributed by atoms with van der Waals surface area (Å²) in [6, 6.07) is 17.6. The number of para-hydroxylation sites is 2. The summed E-state index contributed by atoms with van der Waals surface area (Å²) in [6.07, 6.45) is 3.95. The van der Waals surface area contributed by atoms with Crippen molar-refractivity contribution in [1.29, 1.82) is 0 Å². The lowest BCUT2D eigenvalue weighted by Gasteiger charge is -2.70. The van der Waals surface area contributed by atoms with E-state index in [2.05, 4.69) is 5.32 Å². The first-order valence-corrected chi connectivity index (χ1v) is 11.0. The van der Waals surface area contributed by atoms with Gasteiger partial charge in [-0.15, -0.1) is 0 Å². The fraction of sp³-hybridized carbons (Fsp3) is 0.308. The first-order chi connectivity index (χ1) is 15.4. The van der Waals surface area contributed by atoms with Crippen LogP contribution in [0.25, 0.3) is 21.9 Å². The van der Waals surface area contributed by atoms with Gasteiger partial charge in [0.15, 0.2) is 0 Å². The number of hydrogen-bond acceptors (Lipinski definition) is 3. The second-order valence-corrected chi connectivity index (χ2v) is 9.61. The highest BCUT2D eigenvalue weighted by Gasteiger charge is 2.73. The van der Waals surface area contributed by atoms with Gasteiger partial charge in [0, 0.05) is 23.0 Å². The molecule has 0 spiro atoms. The fourth-order valence-corrected chi connectivity index (χ4v) is 5.84. The number of amides is 1. The van der Waals surface area contributed by atoms with Crippen molar-refractivity contribution in [2.24, 2.45) is 10.8 Å². The van der Waals surface area contributed by atoms with E-state index in [1.807, 2.05) is 72.3 Å². The molecule has 1 amide bonds. The van der Waals surface area contributed by atoms with Gasteiger partial charge in [0.25, 0.3) is 5.91 Å². The molecule has 3 aliphatic carbocycles. The Kier molecular flexibility index (Phi) is 3.88. The standard InChI is InChI=1S/C26H24N2O4/c1-16(25-13-26(14-25,15-25)24(30)31)27-23(29)20-7-4-6-17-9-10-28(22(17)20)12-19-11-18-5-2-3-8-21(18)32-19/h2-11,16H,12-15H2,1H3,(H,27,29)(H,30,31)/t16-,25?,26?/m0/s1. The number of carbonyl (C=O) groups is 2. The number of aliphatic carboxylic acids is 1. The minimum Gasteiger partial charge on any atom is -0.481 e. The Morgan fingerprint density at radius 2 is 1.84 bits per heavy atom. The summed E-state index contributed by atoms with van der Waals surface area (Å²) in [6.45, 7) is 2.53. The molecule has 0 aliphatic heterocycles. The summed E-state index contributed by atoms with van der Waals surface area (Å²) >= 11 is 0. The van der Waals surface area contributed by atoms with E-state index in [0.717, 1.165) is 27.6 Å². The Balaban J connectivity index is 1.26. The predicted molar refractivity (Wildman–Crippen MR) is 121 cm³/mol. The maximum Gasteiger partial charge on any atom is 0.309 e. The molecule has 32 heavy (non-hydrogen) atoms. The van der Waals surface area contributed by atoms with E-state index in [-0.39, 0.29) is 17.4 Å². The monoisotopic (exact) mass is 428 g/mol. The van der Waals surface area contributed by atoms with Crippen molar-refractivity contribution in [3.63, 3.8) is 0 Å². The molecule has 2 aromatic carbocycles. The van der Waals surface area contributed by atoms with Gasteiger partial charge in [-0.2, -0.15) is 0 Å². The molecule has 1 atom stereocenters. The second-order valence-electron chi connectivity index (χ2n) is 9.61. The largest absolute Gasteiger partial charge is 0.481 e. The molecule has 4 aromatic rings. The number of carboxylic acid groups (broad SMARTS) is 1. The third-order valence-corrected chi connectivity index (χ3v) is 7.63. The van der Waals surface area contributed by atoms with Crippen LogP contribution in [0.4, 0.5) is 0 Å². The number of hydrogen-bond donors (Lipinski definition) is 2. The minimum absolute atomic E-state index is 0.0646. The van der Waals surface area contributed by atoms with Gasteiger partial charge >= 0.3 is 5.97 Å². The summed E-state index contributed by atoms with van der Waals surface area (Å²) in [5.74, 6) is 0.00737. The minimum atomic E-state index is -0.703. The molecule has 0 saturated heterocycles. The van der Waals surface area contributed by atoms with Crippen LogP contribution in [0.1, 0.15) is 42.3 Å². The number of carbonyl (C=O) groups excluding carboxylic acids is 1. The molecule has 2 heterocycles. The van der Waals surface area contributed by atoms with E-state index < -0.39 is 11.4 Å². The molecule has 3 aliphatic rings. The average molecular weight is 428 g/mol. The maximum atomic E-state index is 13.3. The van der Waals surface area contributed by atoms with Crippen molar-refractivity contribution < 1.29 is 19.1 Å². The molecule has 3 saturated carbocycles. The third-order valence-electron chi connectivity index (χ3n) is 7.63. The van der Waals surface area contributed by atoms with Gasteiger partial charge in [-0.05, 0) is 55.9 Å². The smallest absolute Gasteiger partial charge is 0.309 e. The van der Waals surface area contributed by atoms with Crippen LogP contribution in [0.2, 0.25) is 0 Å². The molecule has 6 heteroatoms. The first kappa shape index (κ1) is 19.2. The zero-order valence-corrected chi connectivity index (χ0v) is 17.8. The SMILES string of the molecule is C[C@H](NC(=O)c1cccc2ccn(Cc3cc4ccccc4o3)c12)C12CC(C(=O)O)(C1)C2. The van der Waals surface area contributed by atoms with E-state index >= 15 is 0 Å². The highest BCUT2D eigenvalue weighted by Crippen LogP contribution is 2.74. The van der Waals surface area contributed by atoms with E-state index in [4.69, 9.17) is 4.42 Å². The maximum absolute atomic E-state index is 13.3. The quantitative estimate of drug-likeness (QED) is 0.462.